The van der Waals surface area contributed by atoms with Gasteiger partial charge in [0.25, 0.3) is 0 Å². The highest BCUT2D eigenvalue weighted by Crippen LogP contribution is 2.29. The van der Waals surface area contributed by atoms with Crippen molar-refractivity contribution < 1.29 is 5.82 Å². The number of fused-ring (bicyclic) bond motifs is 1. The summed E-state index contributed by atoms with van der Waals surface area (Å²) in [5.41, 5.74) is 7.12. The van der Waals surface area contributed by atoms with Crippen molar-refractivity contribution in [2.24, 2.45) is 11.7 Å². The molecule has 0 unspecified atom stereocenters. The highest BCUT2D eigenvalue weighted by atomic mass is 19.1. The molecule has 3 aromatic rings. The van der Waals surface area contributed by atoms with E-state index in [0.29, 0.717) is 23.8 Å². The van der Waals surface area contributed by atoms with E-state index in [2.05, 4.69) is 25.1 Å². The number of anilines is 1. The van der Waals surface area contributed by atoms with Gasteiger partial charge in [0, 0.05) is 26.1 Å². The molecule has 3 N–H and O–H groups in total. The molecule has 0 bridgehead atoms. The van der Waals surface area contributed by atoms with Crippen molar-refractivity contribution >= 4 is 16.9 Å². The second-order valence-corrected chi connectivity index (χ2v) is 5.81. The summed E-state index contributed by atoms with van der Waals surface area (Å²) in [6, 6.07) is 6.83. The second-order valence-electron chi connectivity index (χ2n) is 5.81. The molecule has 120 valence electrons. The minimum Gasteiger partial charge on any atom is -0.356 e. The number of rotatable bonds is 3. The number of halogens is 1. The number of hydrogen-bond donors (Lipinski definition) is 2. The van der Waals surface area contributed by atoms with E-state index in [1.165, 1.54) is 6.07 Å². The van der Waals surface area contributed by atoms with Crippen LogP contribution in [0.2, 0.25) is 0 Å². The monoisotopic (exact) mass is 314 g/mol. The minimum atomic E-state index is -0.377. The van der Waals surface area contributed by atoms with Gasteiger partial charge in [-0.3, -0.25) is 5.10 Å². The lowest BCUT2D eigenvalue weighted by Crippen LogP contribution is -2.23. The number of H-pyrrole nitrogens is 1. The zero-order chi connectivity index (χ0) is 15.8. The number of aromatic nitrogens is 4. The van der Waals surface area contributed by atoms with Gasteiger partial charge in [0.2, 0.25) is 0 Å². The summed E-state index contributed by atoms with van der Waals surface area (Å²) in [7, 11) is 0. The molecule has 0 radical (unpaired) electrons. The summed E-state index contributed by atoms with van der Waals surface area (Å²) in [4.78, 5) is 10.8. The van der Waals surface area contributed by atoms with Crippen molar-refractivity contribution in [3.63, 3.8) is 0 Å². The molecule has 1 aliphatic rings. The minimum absolute atomic E-state index is 0. The van der Waals surface area contributed by atoms with Gasteiger partial charge in [-0.05, 0) is 43.1 Å². The molecular weight excluding hydrogens is 295 g/mol. The molecule has 4 rings (SSSR count). The van der Waals surface area contributed by atoms with Crippen LogP contribution in [0.5, 0.6) is 0 Å². The molecule has 0 aliphatic carbocycles. The van der Waals surface area contributed by atoms with Gasteiger partial charge in [-0.2, -0.15) is 5.10 Å². The van der Waals surface area contributed by atoms with Crippen molar-refractivity contribution in [3.05, 3.63) is 36.3 Å². The van der Waals surface area contributed by atoms with Crippen molar-refractivity contribution in [1.29, 1.82) is 0 Å². The molecule has 1 fully saturated rings. The molecule has 1 aliphatic heterocycles. The van der Waals surface area contributed by atoms with Gasteiger partial charge >= 0.3 is 0 Å². The molecule has 0 amide bonds. The number of pyridine rings is 2. The summed E-state index contributed by atoms with van der Waals surface area (Å²) in [5, 5.41) is 7.73. The van der Waals surface area contributed by atoms with Gasteiger partial charge in [0.15, 0.2) is 11.5 Å². The van der Waals surface area contributed by atoms with Crippen molar-refractivity contribution in [3.8, 4) is 11.4 Å². The molecule has 4 heterocycles. The van der Waals surface area contributed by atoms with Crippen LogP contribution in [0.3, 0.4) is 0 Å². The Bertz CT molecular complexity index is 851. The fourth-order valence-electron chi connectivity index (χ4n) is 3.05. The normalized spacial score (nSPS) is 18.0. The summed E-state index contributed by atoms with van der Waals surface area (Å²) >= 11 is 0. The Balaban J connectivity index is 0.00000169. The van der Waals surface area contributed by atoms with E-state index in [0.717, 1.165) is 30.7 Å². The Hall–Kier alpha value is -2.54. The molecule has 7 heteroatoms. The first-order valence-corrected chi connectivity index (χ1v) is 7.67. The van der Waals surface area contributed by atoms with Crippen LogP contribution in [-0.2, 0) is 0 Å². The van der Waals surface area contributed by atoms with Crippen LogP contribution < -0.4 is 10.6 Å². The quantitative estimate of drug-likeness (QED) is 0.774. The third-order valence-corrected chi connectivity index (χ3v) is 4.34. The molecule has 0 aromatic carbocycles. The van der Waals surface area contributed by atoms with Crippen molar-refractivity contribution in [2.45, 2.75) is 6.42 Å². The SMILES string of the molecule is NC[C@@H]1CCN(c2ccc(F)c(-c3[nH]nc4ncccc34)n2)C1.[HH]. The topological polar surface area (TPSA) is 83.7 Å². The van der Waals surface area contributed by atoms with E-state index in [1.54, 1.807) is 18.3 Å². The highest BCUT2D eigenvalue weighted by molar-refractivity contribution is 5.89. The van der Waals surface area contributed by atoms with Crippen LogP contribution in [0.15, 0.2) is 30.5 Å². The van der Waals surface area contributed by atoms with E-state index in [1.807, 2.05) is 6.07 Å². The zero-order valence-corrected chi connectivity index (χ0v) is 12.5. The van der Waals surface area contributed by atoms with Crippen LogP contribution >= 0.6 is 0 Å². The third kappa shape index (κ3) is 2.43. The fourth-order valence-corrected chi connectivity index (χ4v) is 3.05. The van der Waals surface area contributed by atoms with Crippen LogP contribution in [0, 0.1) is 11.7 Å². The molecule has 23 heavy (non-hydrogen) atoms. The molecular formula is C16H19FN6. The largest absolute Gasteiger partial charge is 0.356 e. The predicted octanol–water partition coefficient (Wildman–Crippen LogP) is 2.19. The lowest BCUT2D eigenvalue weighted by Gasteiger charge is -2.18. The first kappa shape index (κ1) is 14.1. The fraction of sp³-hybridized carbons (Fsp3) is 0.312. The second kappa shape index (κ2) is 5.58. The standard InChI is InChI=1S/C16H17FN6.H2/c17-12-3-4-13(23-7-5-10(8-18)9-23)20-15(12)14-11-2-1-6-19-16(11)22-21-14;/h1-4,6,10H,5,7-9,18H2,(H,19,21,22);1H/t10-;/m0./s1. The molecule has 1 atom stereocenters. The van der Waals surface area contributed by atoms with Crippen LogP contribution in [-0.4, -0.2) is 39.8 Å². The number of hydrogen-bond acceptors (Lipinski definition) is 5. The van der Waals surface area contributed by atoms with E-state index < -0.39 is 0 Å². The molecule has 1 saturated heterocycles. The van der Waals surface area contributed by atoms with Crippen LogP contribution in [0.4, 0.5) is 10.2 Å². The van der Waals surface area contributed by atoms with E-state index in [4.69, 9.17) is 5.73 Å². The number of nitrogens with zero attached hydrogens (tertiary/aromatic N) is 4. The zero-order valence-electron chi connectivity index (χ0n) is 12.5. The average Bonchev–Trinajstić information content (AvgIpc) is 3.22. The van der Waals surface area contributed by atoms with Crippen molar-refractivity contribution in [1.82, 2.24) is 20.2 Å². The van der Waals surface area contributed by atoms with Gasteiger partial charge in [-0.15, -0.1) is 0 Å². The summed E-state index contributed by atoms with van der Waals surface area (Å²) < 4.78 is 14.3. The lowest BCUT2D eigenvalue weighted by molar-refractivity contribution is 0.601. The summed E-state index contributed by atoms with van der Waals surface area (Å²) in [5.74, 6) is 0.865. The third-order valence-electron chi connectivity index (χ3n) is 4.34. The first-order valence-electron chi connectivity index (χ1n) is 7.67. The number of nitrogens with one attached hydrogen (secondary N) is 1. The maximum Gasteiger partial charge on any atom is 0.181 e. The maximum absolute atomic E-state index is 14.3. The lowest BCUT2D eigenvalue weighted by atomic mass is 10.1. The number of nitrogens with two attached hydrogens (primary N) is 1. The maximum atomic E-state index is 14.3. The van der Waals surface area contributed by atoms with Crippen LogP contribution in [0.1, 0.15) is 7.85 Å². The van der Waals surface area contributed by atoms with E-state index in [9.17, 15) is 4.39 Å². The summed E-state index contributed by atoms with van der Waals surface area (Å²) in [6.45, 7) is 2.42. The Morgan fingerprint density at radius 1 is 1.39 bits per heavy atom. The molecule has 0 spiro atoms. The molecule has 6 nitrogen and oxygen atoms in total. The van der Waals surface area contributed by atoms with E-state index >= 15 is 0 Å². The highest BCUT2D eigenvalue weighted by Gasteiger charge is 2.23. The first-order chi connectivity index (χ1) is 11.3. The smallest absolute Gasteiger partial charge is 0.181 e. The van der Waals surface area contributed by atoms with Crippen LogP contribution in [0.25, 0.3) is 22.4 Å². The Morgan fingerprint density at radius 3 is 3.13 bits per heavy atom. The number of aromatic amines is 1. The van der Waals surface area contributed by atoms with Gasteiger partial charge in [0.05, 0.1) is 5.69 Å². The summed E-state index contributed by atoms with van der Waals surface area (Å²) in [6.07, 6.45) is 2.70. The van der Waals surface area contributed by atoms with Gasteiger partial charge in [-0.25, -0.2) is 14.4 Å². The predicted molar refractivity (Wildman–Crippen MR) is 88.6 cm³/mol. The van der Waals surface area contributed by atoms with E-state index in [-0.39, 0.29) is 12.9 Å². The van der Waals surface area contributed by atoms with Crippen molar-refractivity contribution in [2.75, 3.05) is 24.5 Å². The Labute approximate surface area is 134 Å². The molecule has 0 saturated carbocycles. The van der Waals surface area contributed by atoms with Gasteiger partial charge < -0.3 is 10.6 Å². The van der Waals surface area contributed by atoms with Gasteiger partial charge in [-0.1, -0.05) is 0 Å². The molecule has 3 aromatic heterocycles. The average molecular weight is 314 g/mol. The Kier molecular flexibility index (Phi) is 3.42. The van der Waals surface area contributed by atoms with Gasteiger partial charge in [0.1, 0.15) is 11.5 Å². The Morgan fingerprint density at radius 2 is 2.30 bits per heavy atom.